The van der Waals surface area contributed by atoms with Crippen LogP contribution in [0.15, 0.2) is 42.6 Å². The lowest BCUT2D eigenvalue weighted by atomic mass is 9.86. The van der Waals surface area contributed by atoms with Gasteiger partial charge in [-0.25, -0.2) is 0 Å². The van der Waals surface area contributed by atoms with Gasteiger partial charge in [0.15, 0.2) is 0 Å². The van der Waals surface area contributed by atoms with E-state index in [1.165, 1.54) is 12.1 Å². The Kier molecular flexibility index (Phi) is 4.46. The van der Waals surface area contributed by atoms with Crippen molar-refractivity contribution in [1.82, 2.24) is 15.5 Å². The van der Waals surface area contributed by atoms with Crippen LogP contribution in [0.25, 0.3) is 10.9 Å². The molecular weight excluding hydrogens is 435 g/mol. The molecule has 3 N–H and O–H groups in total. The molecule has 162 valence electrons. The summed E-state index contributed by atoms with van der Waals surface area (Å²) in [5.41, 5.74) is 0.446. The summed E-state index contributed by atoms with van der Waals surface area (Å²) < 4.78 is 41.1. The van der Waals surface area contributed by atoms with Gasteiger partial charge in [-0.15, -0.1) is 13.2 Å². The molecule has 2 aliphatic carbocycles. The number of nitrogens with zero attached hydrogens (tertiary/aromatic N) is 1. The molecule has 0 bridgehead atoms. The second-order valence-electron chi connectivity index (χ2n) is 8.13. The van der Waals surface area contributed by atoms with Gasteiger partial charge < -0.3 is 15.2 Å². The normalized spacial score (nSPS) is 27.2. The quantitative estimate of drug-likeness (QED) is 0.556. The van der Waals surface area contributed by atoms with Crippen LogP contribution in [0.3, 0.4) is 0 Å². The number of aromatic nitrogens is 2. The first-order valence-electron chi connectivity index (χ1n) is 9.65. The van der Waals surface area contributed by atoms with Gasteiger partial charge >= 0.3 is 6.36 Å². The van der Waals surface area contributed by atoms with Crippen molar-refractivity contribution < 1.29 is 27.8 Å². The number of aromatic amines is 1. The summed E-state index contributed by atoms with van der Waals surface area (Å²) in [5.74, 6) is -0.778. The lowest BCUT2D eigenvalue weighted by molar-refractivity contribution is -0.274. The minimum atomic E-state index is -4.83. The molecule has 2 fully saturated rings. The van der Waals surface area contributed by atoms with Crippen LogP contribution in [0, 0.1) is 11.8 Å². The largest absolute Gasteiger partial charge is 0.573 e. The highest BCUT2D eigenvalue weighted by atomic mass is 35.5. The predicted octanol–water partition coefficient (Wildman–Crippen LogP) is 4.14. The average molecular weight is 452 g/mol. The van der Waals surface area contributed by atoms with E-state index in [1.54, 1.807) is 18.3 Å². The molecule has 4 atom stereocenters. The standard InChI is InChI=1S/C21H17ClF3N3O3/c22-11-5-16(15-9-26-28-17(15)6-11)20(30)7-13-14(8-20)18(13)27-19(29)10-2-1-3-12(4-10)31-21(23,24)25/h1-6,9,13-14,18,30H,7-8H2,(H,26,28)(H,27,29)/t13-,14+,18+,20-. The van der Waals surface area contributed by atoms with E-state index in [0.717, 1.165) is 23.0 Å². The van der Waals surface area contributed by atoms with Crippen molar-refractivity contribution in [2.45, 2.75) is 30.8 Å². The highest BCUT2D eigenvalue weighted by Crippen LogP contribution is 2.60. The third kappa shape index (κ3) is 3.72. The molecule has 10 heteroatoms. The number of hydrogen-bond donors (Lipinski definition) is 3. The first-order valence-corrected chi connectivity index (χ1v) is 10.0. The van der Waals surface area contributed by atoms with E-state index < -0.39 is 23.6 Å². The zero-order valence-electron chi connectivity index (χ0n) is 15.9. The van der Waals surface area contributed by atoms with Gasteiger partial charge in [-0.2, -0.15) is 5.10 Å². The number of benzene rings is 2. The van der Waals surface area contributed by atoms with Crippen molar-refractivity contribution in [3.63, 3.8) is 0 Å². The predicted molar refractivity (Wildman–Crippen MR) is 106 cm³/mol. The fraction of sp³-hybridized carbons (Fsp3) is 0.333. The van der Waals surface area contributed by atoms with Crippen molar-refractivity contribution in [3.8, 4) is 5.75 Å². The number of amides is 1. The Balaban J connectivity index is 1.27. The van der Waals surface area contributed by atoms with Gasteiger partial charge in [0.1, 0.15) is 5.75 Å². The summed E-state index contributed by atoms with van der Waals surface area (Å²) in [5, 5.41) is 22.3. The number of ether oxygens (including phenoxy) is 1. The second kappa shape index (κ2) is 6.86. The number of alkyl halides is 3. The number of nitrogens with one attached hydrogen (secondary N) is 2. The Hall–Kier alpha value is -2.78. The maximum atomic E-state index is 12.5. The van der Waals surface area contributed by atoms with Crippen LogP contribution >= 0.6 is 11.6 Å². The molecule has 6 nitrogen and oxygen atoms in total. The topological polar surface area (TPSA) is 87.2 Å². The molecule has 0 spiro atoms. The SMILES string of the molecule is O=C(N[C@H]1[C@@H]2C[C@](O)(c3cc(Cl)cc4[nH]ncc34)C[C@@H]21)c1cccc(OC(F)(F)F)c1. The van der Waals surface area contributed by atoms with Gasteiger partial charge in [0.25, 0.3) is 5.91 Å². The maximum Gasteiger partial charge on any atom is 0.573 e. The van der Waals surface area contributed by atoms with Gasteiger partial charge in [0, 0.05) is 22.0 Å². The van der Waals surface area contributed by atoms with Gasteiger partial charge in [0.2, 0.25) is 0 Å². The Morgan fingerprint density at radius 1 is 1.26 bits per heavy atom. The number of hydrogen-bond acceptors (Lipinski definition) is 4. The fourth-order valence-corrected chi connectivity index (χ4v) is 4.99. The Morgan fingerprint density at radius 3 is 2.71 bits per heavy atom. The zero-order chi connectivity index (χ0) is 22.0. The fourth-order valence-electron chi connectivity index (χ4n) is 4.77. The van der Waals surface area contributed by atoms with Crippen LogP contribution < -0.4 is 10.1 Å². The lowest BCUT2D eigenvalue weighted by Crippen LogP contribution is -2.33. The number of fused-ring (bicyclic) bond motifs is 2. The number of halogens is 4. The van der Waals surface area contributed by atoms with E-state index in [-0.39, 0.29) is 23.4 Å². The van der Waals surface area contributed by atoms with Gasteiger partial charge in [-0.1, -0.05) is 17.7 Å². The monoisotopic (exact) mass is 451 g/mol. The van der Waals surface area contributed by atoms with Crippen molar-refractivity contribution in [2.75, 3.05) is 0 Å². The van der Waals surface area contributed by atoms with Gasteiger partial charge in [0.05, 0.1) is 17.3 Å². The highest BCUT2D eigenvalue weighted by Gasteiger charge is 2.62. The number of carbonyl (C=O) groups is 1. The first kappa shape index (κ1) is 20.1. The number of H-pyrrole nitrogens is 1. The minimum absolute atomic E-state index is 0.0736. The maximum absolute atomic E-state index is 12.5. The van der Waals surface area contributed by atoms with E-state index in [2.05, 4.69) is 20.3 Å². The second-order valence-corrected chi connectivity index (χ2v) is 8.56. The minimum Gasteiger partial charge on any atom is -0.406 e. The van der Waals surface area contributed by atoms with Crippen molar-refractivity contribution in [2.24, 2.45) is 11.8 Å². The van der Waals surface area contributed by atoms with E-state index >= 15 is 0 Å². The molecule has 0 unspecified atom stereocenters. The van der Waals surface area contributed by atoms with E-state index in [9.17, 15) is 23.1 Å². The van der Waals surface area contributed by atoms with Crippen LogP contribution in [0.4, 0.5) is 13.2 Å². The summed E-state index contributed by atoms with van der Waals surface area (Å²) in [4.78, 5) is 12.5. The van der Waals surface area contributed by atoms with Crippen molar-refractivity contribution in [3.05, 3.63) is 58.7 Å². The number of rotatable bonds is 4. The molecule has 0 saturated heterocycles. The molecule has 31 heavy (non-hydrogen) atoms. The molecule has 2 aromatic carbocycles. The van der Waals surface area contributed by atoms with E-state index in [0.29, 0.717) is 23.4 Å². The van der Waals surface area contributed by atoms with Crippen LogP contribution in [0.5, 0.6) is 5.75 Å². The Labute approximate surface area is 179 Å². The summed E-state index contributed by atoms with van der Waals surface area (Å²) in [6.45, 7) is 0. The van der Waals surface area contributed by atoms with Crippen LogP contribution in [-0.4, -0.2) is 33.6 Å². The molecule has 3 aromatic rings. The average Bonchev–Trinajstić information content (AvgIpc) is 3.04. The van der Waals surface area contributed by atoms with Gasteiger partial charge in [-0.05, 0) is 60.6 Å². The van der Waals surface area contributed by atoms with Crippen LogP contribution in [0.2, 0.25) is 5.02 Å². The zero-order valence-corrected chi connectivity index (χ0v) is 16.7. The molecule has 1 aromatic heterocycles. The molecule has 2 saturated carbocycles. The highest BCUT2D eigenvalue weighted by molar-refractivity contribution is 6.31. The molecule has 0 aliphatic heterocycles. The van der Waals surface area contributed by atoms with E-state index in [4.69, 9.17) is 11.6 Å². The van der Waals surface area contributed by atoms with Crippen LogP contribution in [0.1, 0.15) is 28.8 Å². The molecule has 0 radical (unpaired) electrons. The van der Waals surface area contributed by atoms with Crippen LogP contribution in [-0.2, 0) is 5.60 Å². The summed E-state index contributed by atoms with van der Waals surface area (Å²) >= 11 is 6.19. The smallest absolute Gasteiger partial charge is 0.406 e. The molecule has 5 rings (SSSR count). The lowest BCUT2D eigenvalue weighted by Gasteiger charge is -2.27. The Bertz CT molecular complexity index is 1170. The third-order valence-corrected chi connectivity index (χ3v) is 6.35. The van der Waals surface area contributed by atoms with Crippen molar-refractivity contribution in [1.29, 1.82) is 0 Å². The molecule has 1 heterocycles. The third-order valence-electron chi connectivity index (χ3n) is 6.13. The molecule has 2 aliphatic rings. The number of aliphatic hydroxyl groups is 1. The van der Waals surface area contributed by atoms with E-state index in [1.807, 2.05) is 0 Å². The summed E-state index contributed by atoms with van der Waals surface area (Å²) in [6.07, 6.45) is -2.28. The summed E-state index contributed by atoms with van der Waals surface area (Å²) in [7, 11) is 0. The first-order chi connectivity index (χ1) is 14.6. The molecular formula is C21H17ClF3N3O3. The Morgan fingerprint density at radius 2 is 2.00 bits per heavy atom. The van der Waals surface area contributed by atoms with Gasteiger partial charge in [-0.3, -0.25) is 9.89 Å². The summed E-state index contributed by atoms with van der Waals surface area (Å²) in [6, 6.07) is 8.29. The van der Waals surface area contributed by atoms with Crippen molar-refractivity contribution >= 4 is 28.4 Å². The molecule has 1 amide bonds. The number of carbonyl (C=O) groups excluding carboxylic acids is 1.